The van der Waals surface area contributed by atoms with E-state index in [1.807, 2.05) is 23.5 Å². The van der Waals surface area contributed by atoms with Crippen LogP contribution >= 0.6 is 11.3 Å². The maximum Gasteiger partial charge on any atom is 0.143 e. The zero-order valence-electron chi connectivity index (χ0n) is 30.1. The molecule has 12 rings (SSSR count). The smallest absolute Gasteiger partial charge is 0.143 e. The molecular formula is C52H31NO2S. The maximum atomic E-state index is 6.54. The number of benzene rings is 9. The number of hydrogen-bond acceptors (Lipinski definition) is 4. The van der Waals surface area contributed by atoms with Crippen LogP contribution in [0, 0.1) is 0 Å². The number of thiophene rings is 1. The van der Waals surface area contributed by atoms with E-state index in [9.17, 15) is 0 Å². The second kappa shape index (κ2) is 12.2. The van der Waals surface area contributed by atoms with Crippen molar-refractivity contribution in [1.29, 1.82) is 0 Å². The summed E-state index contributed by atoms with van der Waals surface area (Å²) in [7, 11) is 0. The summed E-state index contributed by atoms with van der Waals surface area (Å²) in [5.74, 6) is 0. The Bertz CT molecular complexity index is 3480. The molecule has 0 fully saturated rings. The molecular weight excluding hydrogens is 703 g/mol. The summed E-state index contributed by atoms with van der Waals surface area (Å²) < 4.78 is 15.3. The second-order valence-corrected chi connectivity index (χ2v) is 15.5. The van der Waals surface area contributed by atoms with Crippen molar-refractivity contribution in [1.82, 2.24) is 0 Å². The number of nitrogens with zero attached hydrogens (tertiary/aromatic N) is 1. The molecule has 0 aliphatic heterocycles. The summed E-state index contributed by atoms with van der Waals surface area (Å²) in [6, 6.07) is 67.3. The molecule has 0 aliphatic rings. The Morgan fingerprint density at radius 1 is 0.393 bits per heavy atom. The fraction of sp³-hybridized carbons (Fsp3) is 0. The van der Waals surface area contributed by atoms with E-state index in [4.69, 9.17) is 8.83 Å². The Kier molecular flexibility index (Phi) is 6.80. The Balaban J connectivity index is 0.988. The van der Waals surface area contributed by atoms with Crippen LogP contribution in [0.25, 0.3) is 97.1 Å². The first-order chi connectivity index (χ1) is 27.7. The molecule has 0 saturated heterocycles. The van der Waals surface area contributed by atoms with E-state index >= 15 is 0 Å². The average Bonchev–Trinajstić information content (AvgIpc) is 3.96. The molecule has 0 saturated carbocycles. The second-order valence-electron chi connectivity index (χ2n) is 14.4. The fourth-order valence-electron chi connectivity index (χ4n) is 8.63. The van der Waals surface area contributed by atoms with Gasteiger partial charge in [-0.05, 0) is 94.4 Å². The average molecular weight is 734 g/mol. The van der Waals surface area contributed by atoms with Gasteiger partial charge in [-0.1, -0.05) is 121 Å². The van der Waals surface area contributed by atoms with Crippen LogP contribution in [0.5, 0.6) is 0 Å². The molecule has 0 amide bonds. The first-order valence-electron chi connectivity index (χ1n) is 18.9. The van der Waals surface area contributed by atoms with E-state index in [0.29, 0.717) is 0 Å². The quantitative estimate of drug-likeness (QED) is 0.176. The van der Waals surface area contributed by atoms with Gasteiger partial charge in [0.25, 0.3) is 0 Å². The highest BCUT2D eigenvalue weighted by Gasteiger charge is 2.20. The lowest BCUT2D eigenvalue weighted by Gasteiger charge is -2.26. The van der Waals surface area contributed by atoms with Crippen LogP contribution in [-0.4, -0.2) is 0 Å². The summed E-state index contributed by atoms with van der Waals surface area (Å²) in [5.41, 5.74) is 11.5. The third kappa shape index (κ3) is 4.76. The molecule has 0 spiro atoms. The third-order valence-corrected chi connectivity index (χ3v) is 12.5. The van der Waals surface area contributed by atoms with Crippen molar-refractivity contribution in [3.63, 3.8) is 0 Å². The Morgan fingerprint density at radius 2 is 1.04 bits per heavy atom. The normalized spacial score (nSPS) is 11.9. The Labute approximate surface area is 325 Å². The van der Waals surface area contributed by atoms with E-state index in [-0.39, 0.29) is 0 Å². The van der Waals surface area contributed by atoms with Crippen LogP contribution < -0.4 is 4.90 Å². The largest absolute Gasteiger partial charge is 0.456 e. The van der Waals surface area contributed by atoms with Crippen molar-refractivity contribution in [2.45, 2.75) is 0 Å². The monoisotopic (exact) mass is 733 g/mol. The van der Waals surface area contributed by atoms with Crippen molar-refractivity contribution in [3.8, 4) is 22.3 Å². The zero-order valence-corrected chi connectivity index (χ0v) is 30.9. The van der Waals surface area contributed by atoms with E-state index < -0.39 is 0 Å². The highest BCUT2D eigenvalue weighted by Crippen LogP contribution is 2.46. The van der Waals surface area contributed by atoms with Crippen LogP contribution in [0.1, 0.15) is 0 Å². The van der Waals surface area contributed by atoms with Crippen molar-refractivity contribution in [2.75, 3.05) is 4.90 Å². The summed E-state index contributed by atoms with van der Waals surface area (Å²) in [6.45, 7) is 0. The van der Waals surface area contributed by atoms with Crippen molar-refractivity contribution in [3.05, 3.63) is 188 Å². The first-order valence-corrected chi connectivity index (χ1v) is 19.7. The molecule has 0 N–H and O–H groups in total. The molecule has 9 aromatic carbocycles. The number of fused-ring (bicyclic) bond motifs is 11. The fourth-order valence-corrected chi connectivity index (χ4v) is 9.83. The maximum absolute atomic E-state index is 6.54. The third-order valence-electron chi connectivity index (χ3n) is 11.3. The summed E-state index contributed by atoms with van der Waals surface area (Å²) >= 11 is 1.85. The molecule has 56 heavy (non-hydrogen) atoms. The van der Waals surface area contributed by atoms with Crippen molar-refractivity contribution < 1.29 is 8.83 Å². The molecule has 0 unspecified atom stereocenters. The van der Waals surface area contributed by atoms with Crippen molar-refractivity contribution in [2.24, 2.45) is 0 Å². The molecule has 4 heteroatoms. The topological polar surface area (TPSA) is 29.5 Å². The molecule has 0 aliphatic carbocycles. The highest BCUT2D eigenvalue weighted by atomic mass is 32.1. The number of anilines is 3. The van der Waals surface area contributed by atoms with Gasteiger partial charge in [0, 0.05) is 53.8 Å². The van der Waals surface area contributed by atoms with Crippen molar-refractivity contribution >= 4 is 103 Å². The zero-order chi connectivity index (χ0) is 36.7. The minimum atomic E-state index is 0.899. The SMILES string of the molecule is c1ccc2c(c1)ccc1c2oc2cccc(-c3ccc(N(c4ccc(-c5ccc6c(c5)oc5ccccc56)cc4)c4cccc5c4sc4ccccc45)cc3)c21. The van der Waals surface area contributed by atoms with Crippen LogP contribution in [-0.2, 0) is 0 Å². The lowest BCUT2D eigenvalue weighted by Crippen LogP contribution is -2.10. The summed E-state index contributed by atoms with van der Waals surface area (Å²) in [5, 5.41) is 9.43. The number of rotatable bonds is 5. The molecule has 0 bridgehead atoms. The molecule has 3 aromatic heterocycles. The van der Waals surface area contributed by atoms with Crippen LogP contribution in [0.2, 0.25) is 0 Å². The van der Waals surface area contributed by atoms with E-state index in [2.05, 4.69) is 181 Å². The van der Waals surface area contributed by atoms with Gasteiger partial charge in [-0.25, -0.2) is 0 Å². The lowest BCUT2D eigenvalue weighted by atomic mass is 9.98. The van der Waals surface area contributed by atoms with Crippen LogP contribution in [0.3, 0.4) is 0 Å². The number of para-hydroxylation sites is 1. The molecule has 262 valence electrons. The van der Waals surface area contributed by atoms with E-state index in [1.165, 1.54) is 25.6 Å². The minimum Gasteiger partial charge on any atom is -0.456 e. The summed E-state index contributed by atoms with van der Waals surface area (Å²) in [6.07, 6.45) is 0. The highest BCUT2D eigenvalue weighted by molar-refractivity contribution is 7.26. The summed E-state index contributed by atoms with van der Waals surface area (Å²) in [4.78, 5) is 2.40. The molecule has 0 atom stereocenters. The molecule has 3 nitrogen and oxygen atoms in total. The molecule has 3 heterocycles. The van der Waals surface area contributed by atoms with Crippen LogP contribution in [0.4, 0.5) is 17.1 Å². The van der Waals surface area contributed by atoms with Crippen LogP contribution in [0.15, 0.2) is 197 Å². The first kappa shape index (κ1) is 31.2. The number of hydrogen-bond donors (Lipinski definition) is 0. The van der Waals surface area contributed by atoms with Gasteiger partial charge in [-0.3, -0.25) is 0 Å². The van der Waals surface area contributed by atoms with Gasteiger partial charge in [0.05, 0.1) is 10.4 Å². The van der Waals surface area contributed by atoms with Gasteiger partial charge in [0.1, 0.15) is 22.3 Å². The van der Waals surface area contributed by atoms with Gasteiger partial charge in [-0.15, -0.1) is 11.3 Å². The van der Waals surface area contributed by atoms with Gasteiger partial charge < -0.3 is 13.7 Å². The Hall–Kier alpha value is -7.14. The standard InChI is InChI=1S/C52H31NO2S/c1-2-10-39-33(9-1)23-30-44-50-38(13-8-17-47(50)55-51(39)44)34-21-27-37(28-22-34)53(45-15-7-14-43-42-12-4-6-18-49(42)56-52(43)45)36-25-19-32(20-26-36)35-24-29-41-40-11-3-5-16-46(40)54-48(41)31-35/h1-31H. The predicted octanol–water partition coefficient (Wildman–Crippen LogP) is 15.8. The Morgan fingerprint density at radius 3 is 1.89 bits per heavy atom. The molecule has 0 radical (unpaired) electrons. The van der Waals surface area contributed by atoms with Gasteiger partial charge in [0.2, 0.25) is 0 Å². The molecule has 12 aromatic rings. The van der Waals surface area contributed by atoms with Gasteiger partial charge in [0.15, 0.2) is 0 Å². The minimum absolute atomic E-state index is 0.899. The number of furan rings is 2. The lowest BCUT2D eigenvalue weighted by molar-refractivity contribution is 0.669. The van der Waals surface area contributed by atoms with Gasteiger partial charge >= 0.3 is 0 Å². The van der Waals surface area contributed by atoms with E-state index in [0.717, 1.165) is 88.6 Å². The van der Waals surface area contributed by atoms with Gasteiger partial charge in [-0.2, -0.15) is 0 Å². The predicted molar refractivity (Wildman–Crippen MR) is 237 cm³/mol. The van der Waals surface area contributed by atoms with E-state index in [1.54, 1.807) is 0 Å².